The van der Waals surface area contributed by atoms with Gasteiger partial charge in [0.2, 0.25) is 5.91 Å². The average molecular weight is 464 g/mol. The molecule has 3 N–H and O–H groups in total. The van der Waals surface area contributed by atoms with E-state index >= 15 is 0 Å². The van der Waals surface area contributed by atoms with Crippen molar-refractivity contribution in [2.24, 2.45) is 7.05 Å². The molecule has 2 aromatic heterocycles. The standard InChI is InChI=1S/C19H19Cl2N7O3/c1-3-27-7-13(10-4-5-11(20)12(21)6-10)23-18(27)24-14(29)8-28-9-22-16-15(28)17(30)25-19(31)26(16)2/h4-7,9,18,23H,3,8H2,1-2H3,(H,24,29)(H,25,30,31). The number of hydrogen-bond acceptors (Lipinski definition) is 6. The van der Waals surface area contributed by atoms with E-state index in [0.717, 1.165) is 11.3 Å². The fraction of sp³-hybridized carbons (Fsp3) is 0.263. The van der Waals surface area contributed by atoms with Gasteiger partial charge in [-0.25, -0.2) is 9.78 Å². The summed E-state index contributed by atoms with van der Waals surface area (Å²) in [6, 6.07) is 5.28. The molecule has 4 rings (SSSR count). The van der Waals surface area contributed by atoms with E-state index in [1.165, 1.54) is 22.5 Å². The Morgan fingerprint density at radius 2 is 2.03 bits per heavy atom. The highest BCUT2D eigenvalue weighted by molar-refractivity contribution is 6.42. The molecule has 0 aliphatic carbocycles. The summed E-state index contributed by atoms with van der Waals surface area (Å²) in [6.45, 7) is 2.45. The fourth-order valence-electron chi connectivity index (χ4n) is 3.38. The predicted molar refractivity (Wildman–Crippen MR) is 117 cm³/mol. The molecule has 1 aromatic carbocycles. The first-order valence-corrected chi connectivity index (χ1v) is 10.2. The maximum Gasteiger partial charge on any atom is 0.329 e. The first-order chi connectivity index (χ1) is 14.8. The Bertz CT molecular complexity index is 1320. The molecule has 3 aromatic rings. The van der Waals surface area contributed by atoms with E-state index in [4.69, 9.17) is 23.2 Å². The van der Waals surface area contributed by atoms with E-state index in [1.54, 1.807) is 12.1 Å². The lowest BCUT2D eigenvalue weighted by Crippen LogP contribution is -2.51. The third-order valence-corrected chi connectivity index (χ3v) is 5.74. The fourth-order valence-corrected chi connectivity index (χ4v) is 3.68. The summed E-state index contributed by atoms with van der Waals surface area (Å²) < 4.78 is 2.62. The van der Waals surface area contributed by atoms with Gasteiger partial charge in [0.15, 0.2) is 17.5 Å². The number of nitrogens with one attached hydrogen (secondary N) is 3. The van der Waals surface area contributed by atoms with Crippen LogP contribution in [-0.2, 0) is 18.4 Å². The number of carbonyl (C=O) groups excluding carboxylic acids is 1. The van der Waals surface area contributed by atoms with E-state index in [0.29, 0.717) is 16.6 Å². The summed E-state index contributed by atoms with van der Waals surface area (Å²) in [7, 11) is 1.50. The van der Waals surface area contributed by atoms with Crippen LogP contribution in [0.15, 0.2) is 40.3 Å². The molecule has 0 saturated heterocycles. The number of benzene rings is 1. The zero-order valence-electron chi connectivity index (χ0n) is 16.6. The molecule has 0 saturated carbocycles. The molecule has 0 spiro atoms. The number of aromatic nitrogens is 4. The number of aryl methyl sites for hydroxylation is 1. The molecule has 1 atom stereocenters. The summed E-state index contributed by atoms with van der Waals surface area (Å²) in [5.41, 5.74) is 0.809. The second-order valence-corrected chi connectivity index (χ2v) is 7.79. The van der Waals surface area contributed by atoms with Gasteiger partial charge < -0.3 is 20.1 Å². The Morgan fingerprint density at radius 3 is 2.74 bits per heavy atom. The van der Waals surface area contributed by atoms with E-state index in [2.05, 4.69) is 20.6 Å². The number of rotatable bonds is 5. The predicted octanol–water partition coefficient (Wildman–Crippen LogP) is 1.05. The molecule has 1 amide bonds. The highest BCUT2D eigenvalue weighted by atomic mass is 35.5. The zero-order chi connectivity index (χ0) is 22.3. The zero-order valence-corrected chi connectivity index (χ0v) is 18.2. The monoisotopic (exact) mass is 463 g/mol. The lowest BCUT2D eigenvalue weighted by Gasteiger charge is -2.25. The lowest BCUT2D eigenvalue weighted by molar-refractivity contribution is -0.123. The van der Waals surface area contributed by atoms with Gasteiger partial charge in [-0.1, -0.05) is 29.3 Å². The van der Waals surface area contributed by atoms with Crippen LogP contribution in [0.1, 0.15) is 12.5 Å². The van der Waals surface area contributed by atoms with Crippen LogP contribution in [0.5, 0.6) is 0 Å². The Balaban J connectivity index is 1.51. The molecule has 0 fully saturated rings. The van der Waals surface area contributed by atoms with Gasteiger partial charge >= 0.3 is 5.69 Å². The summed E-state index contributed by atoms with van der Waals surface area (Å²) >= 11 is 12.1. The van der Waals surface area contributed by atoms with Gasteiger partial charge in [-0.15, -0.1) is 0 Å². The van der Waals surface area contributed by atoms with Gasteiger partial charge in [0.05, 0.1) is 22.1 Å². The summed E-state index contributed by atoms with van der Waals surface area (Å²) in [6.07, 6.45) is 2.76. The maximum atomic E-state index is 12.7. The normalized spacial score (nSPS) is 15.8. The molecule has 1 unspecified atom stereocenters. The number of H-pyrrole nitrogens is 1. The van der Waals surface area contributed by atoms with Crippen molar-refractivity contribution in [3.8, 4) is 0 Å². The van der Waals surface area contributed by atoms with Crippen LogP contribution in [0.2, 0.25) is 10.0 Å². The molecule has 1 aliphatic heterocycles. The first kappa shape index (κ1) is 21.0. The topological polar surface area (TPSA) is 117 Å². The summed E-state index contributed by atoms with van der Waals surface area (Å²) in [5.74, 6) is -0.340. The molecular weight excluding hydrogens is 445 g/mol. The minimum absolute atomic E-state index is 0.143. The van der Waals surface area contributed by atoms with Gasteiger partial charge in [-0.2, -0.15) is 0 Å². The van der Waals surface area contributed by atoms with Crippen molar-refractivity contribution in [1.82, 2.24) is 34.6 Å². The Morgan fingerprint density at radius 1 is 1.26 bits per heavy atom. The highest BCUT2D eigenvalue weighted by Crippen LogP contribution is 2.27. The van der Waals surface area contributed by atoms with Crippen LogP contribution >= 0.6 is 23.2 Å². The Labute approximate surface area is 186 Å². The van der Waals surface area contributed by atoms with Crippen LogP contribution in [0.3, 0.4) is 0 Å². The Hall–Kier alpha value is -3.24. The third-order valence-electron chi connectivity index (χ3n) is 5.00. The van der Waals surface area contributed by atoms with E-state index in [1.807, 2.05) is 24.1 Å². The number of carbonyl (C=O) groups is 1. The molecule has 1 aliphatic rings. The molecule has 0 bridgehead atoms. The Kier molecular flexibility index (Phi) is 5.50. The minimum Gasteiger partial charge on any atom is -0.347 e. The van der Waals surface area contributed by atoms with Crippen molar-refractivity contribution in [1.29, 1.82) is 0 Å². The largest absolute Gasteiger partial charge is 0.347 e. The van der Waals surface area contributed by atoms with Crippen LogP contribution < -0.4 is 21.9 Å². The second-order valence-electron chi connectivity index (χ2n) is 6.98. The highest BCUT2D eigenvalue weighted by Gasteiger charge is 2.25. The summed E-state index contributed by atoms with van der Waals surface area (Å²) in [4.78, 5) is 44.8. The van der Waals surface area contributed by atoms with Crippen LogP contribution in [0.4, 0.5) is 0 Å². The van der Waals surface area contributed by atoms with E-state index < -0.39 is 17.5 Å². The van der Waals surface area contributed by atoms with Crippen molar-refractivity contribution in [3.63, 3.8) is 0 Å². The van der Waals surface area contributed by atoms with Gasteiger partial charge in [0.1, 0.15) is 6.54 Å². The quantitative estimate of drug-likeness (QED) is 0.520. The molecule has 3 heterocycles. The van der Waals surface area contributed by atoms with E-state index in [-0.39, 0.29) is 23.6 Å². The molecule has 12 heteroatoms. The second kappa shape index (κ2) is 8.12. The number of amides is 1. The van der Waals surface area contributed by atoms with Crippen molar-refractivity contribution >= 4 is 46.0 Å². The van der Waals surface area contributed by atoms with Crippen molar-refractivity contribution in [2.45, 2.75) is 19.8 Å². The minimum atomic E-state index is -0.596. The number of imidazole rings is 1. The van der Waals surface area contributed by atoms with Gasteiger partial charge in [0.25, 0.3) is 5.56 Å². The maximum absolute atomic E-state index is 12.7. The number of fused-ring (bicyclic) bond motifs is 1. The van der Waals surface area contributed by atoms with Crippen LogP contribution in [0, 0.1) is 0 Å². The first-order valence-electron chi connectivity index (χ1n) is 9.41. The molecular formula is C19H19Cl2N7O3. The lowest BCUT2D eigenvalue weighted by atomic mass is 10.2. The molecule has 162 valence electrons. The number of hydrogen-bond donors (Lipinski definition) is 3. The van der Waals surface area contributed by atoms with Gasteiger partial charge in [-0.3, -0.25) is 19.1 Å². The molecule has 10 nitrogen and oxygen atoms in total. The van der Waals surface area contributed by atoms with Crippen molar-refractivity contribution in [3.05, 3.63) is 67.2 Å². The number of nitrogens with zero attached hydrogens (tertiary/aromatic N) is 4. The van der Waals surface area contributed by atoms with E-state index in [9.17, 15) is 14.4 Å². The van der Waals surface area contributed by atoms with Crippen molar-refractivity contribution in [2.75, 3.05) is 6.54 Å². The number of halogens is 2. The SMILES string of the molecule is CCN1C=C(c2ccc(Cl)c(Cl)c2)NC1NC(=O)Cn1cnc2c1c(=O)[nH]c(=O)n2C. The molecule has 31 heavy (non-hydrogen) atoms. The van der Waals surface area contributed by atoms with Crippen molar-refractivity contribution < 1.29 is 4.79 Å². The van der Waals surface area contributed by atoms with Gasteiger partial charge in [-0.05, 0) is 19.1 Å². The average Bonchev–Trinajstić information content (AvgIpc) is 3.33. The van der Waals surface area contributed by atoms with Gasteiger partial charge in [0, 0.05) is 25.4 Å². The smallest absolute Gasteiger partial charge is 0.329 e. The number of aromatic amines is 1. The summed E-state index contributed by atoms with van der Waals surface area (Å²) in [5, 5.41) is 7.03. The third kappa shape index (κ3) is 3.91. The van der Waals surface area contributed by atoms with Crippen LogP contribution in [0.25, 0.3) is 16.9 Å². The molecule has 0 radical (unpaired) electrons. The van der Waals surface area contributed by atoms with Crippen LogP contribution in [-0.4, -0.2) is 42.7 Å².